The van der Waals surface area contributed by atoms with Gasteiger partial charge in [0, 0.05) is 25.9 Å². The molecule has 0 spiro atoms. The van der Waals surface area contributed by atoms with Crippen LogP contribution in [-0.2, 0) is 24.0 Å². The van der Waals surface area contributed by atoms with Gasteiger partial charge in [0.1, 0.15) is 11.6 Å². The number of imide groups is 1. The van der Waals surface area contributed by atoms with Crippen LogP contribution in [0.2, 0.25) is 0 Å². The maximum absolute atomic E-state index is 13.0. The summed E-state index contributed by atoms with van der Waals surface area (Å²) in [7, 11) is 0. The highest BCUT2D eigenvalue weighted by Gasteiger charge is 2.35. The molecule has 50 heavy (non-hydrogen) atoms. The molecule has 0 unspecified atom stereocenters. The van der Waals surface area contributed by atoms with Crippen molar-refractivity contribution in [2.75, 3.05) is 19.6 Å². The fourth-order valence-corrected chi connectivity index (χ4v) is 6.26. The van der Waals surface area contributed by atoms with E-state index in [0.29, 0.717) is 37.5 Å². The number of alkyl carbamates (subject to hydrolysis) is 1. The Labute approximate surface area is 303 Å². The van der Waals surface area contributed by atoms with Gasteiger partial charge < -0.3 is 25.1 Å². The van der Waals surface area contributed by atoms with Crippen molar-refractivity contribution < 1.29 is 39.0 Å². The van der Waals surface area contributed by atoms with Gasteiger partial charge in [-0.2, -0.15) is 0 Å². The van der Waals surface area contributed by atoms with Gasteiger partial charge in [-0.1, -0.05) is 117 Å². The van der Waals surface area contributed by atoms with Crippen LogP contribution in [0.4, 0.5) is 4.79 Å². The van der Waals surface area contributed by atoms with Crippen LogP contribution in [0.3, 0.4) is 0 Å². The molecule has 3 atom stereocenters. The Morgan fingerprint density at radius 2 is 1.12 bits per heavy atom. The first kappa shape index (κ1) is 45.8. The zero-order chi connectivity index (χ0) is 37.2. The third-order valence-electron chi connectivity index (χ3n) is 9.10. The van der Waals surface area contributed by atoms with Crippen LogP contribution in [0.25, 0.3) is 0 Å². The highest BCUT2D eigenvalue weighted by molar-refractivity contribution is 6.01. The first-order chi connectivity index (χ1) is 23.9. The Morgan fingerprint density at radius 1 is 0.700 bits per heavy atom. The maximum atomic E-state index is 13.0. The summed E-state index contributed by atoms with van der Waals surface area (Å²) in [5.74, 6) is -2.09. The van der Waals surface area contributed by atoms with Gasteiger partial charge in [0.15, 0.2) is 0 Å². The summed E-state index contributed by atoms with van der Waals surface area (Å²) in [5.41, 5.74) is -0.787. The fraction of sp³-hybridized carbons (Fsp3) is 0.897. The summed E-state index contributed by atoms with van der Waals surface area (Å²) < 4.78 is 5.33. The molecular weight excluding hydrogens is 638 g/mol. The second-order valence-electron chi connectivity index (χ2n) is 15.3. The van der Waals surface area contributed by atoms with E-state index >= 15 is 0 Å². The number of ether oxygens (including phenoxy) is 1. The third kappa shape index (κ3) is 23.3. The highest BCUT2D eigenvalue weighted by Crippen LogP contribution is 2.17. The predicted molar refractivity (Wildman–Crippen MR) is 197 cm³/mol. The van der Waals surface area contributed by atoms with Crippen molar-refractivity contribution in [2.24, 2.45) is 0 Å². The molecule has 1 rings (SSSR count). The number of carbonyl (C=O) groups is 4. The van der Waals surface area contributed by atoms with Crippen LogP contribution in [-0.4, -0.2) is 87.5 Å². The number of nitrogens with one attached hydrogen (secondary N) is 1. The molecule has 3 N–H and O–H groups in total. The predicted octanol–water partition coefficient (Wildman–Crippen LogP) is 7.74. The lowest BCUT2D eigenvalue weighted by molar-refractivity contribution is -0.199. The molecule has 1 heterocycles. The van der Waals surface area contributed by atoms with E-state index in [4.69, 9.17) is 9.57 Å². The molecule has 0 bridgehead atoms. The number of unbranched alkanes of at least 4 members (excludes halogenated alkanes) is 15. The number of aliphatic hydroxyl groups is 2. The Kier molecular flexibility index (Phi) is 25.1. The first-order valence-corrected chi connectivity index (χ1v) is 20.0. The van der Waals surface area contributed by atoms with Crippen LogP contribution < -0.4 is 5.32 Å². The Morgan fingerprint density at radius 3 is 1.56 bits per heavy atom. The molecule has 1 saturated heterocycles. The van der Waals surface area contributed by atoms with Crippen molar-refractivity contribution in [3.05, 3.63) is 0 Å². The molecule has 0 saturated carbocycles. The number of carbonyl (C=O) groups excluding carboxylic acids is 4. The van der Waals surface area contributed by atoms with E-state index in [0.717, 1.165) is 38.5 Å². The van der Waals surface area contributed by atoms with E-state index in [1.165, 1.54) is 77.0 Å². The standard InChI is InChI=1S/C39H73N3O8/c1-6-8-10-12-14-16-18-20-24-32(43)30-41(31-33(44)25-21-19-17-15-13-11-9-7-2)29-23-22-26-34(40-38(48)49-39(3,4)5)37(47)50-42-35(45)27-28-36(42)46/h32-34,43-44H,6-31H2,1-5H3,(H,40,48)/t32-,33-,34+/m0/s1. The SMILES string of the molecule is CCCCCCCCCC[C@H](O)CN(CCCC[C@@H](NC(=O)OC(C)(C)C)C(=O)ON1C(=O)CCC1=O)C[C@@H](O)CCCCCCCCCC. The Hall–Kier alpha value is -2.24. The molecule has 3 amide bonds. The molecule has 292 valence electrons. The molecular formula is C39H73N3O8. The molecule has 1 aliphatic heterocycles. The number of aliphatic hydroxyl groups excluding tert-OH is 2. The number of rotatable bonds is 30. The van der Waals surface area contributed by atoms with Crippen LogP contribution in [0.1, 0.15) is 182 Å². The van der Waals surface area contributed by atoms with Gasteiger partial charge in [-0.15, -0.1) is 5.06 Å². The van der Waals surface area contributed by atoms with E-state index < -0.39 is 47.7 Å². The van der Waals surface area contributed by atoms with Crippen molar-refractivity contribution in [2.45, 2.75) is 206 Å². The monoisotopic (exact) mass is 712 g/mol. The topological polar surface area (TPSA) is 146 Å². The number of hydroxylamine groups is 2. The molecule has 11 nitrogen and oxygen atoms in total. The quantitative estimate of drug-likeness (QED) is 0.0503. The smallest absolute Gasteiger partial charge is 0.408 e. The minimum atomic E-state index is -1.13. The normalized spacial score (nSPS) is 15.4. The molecule has 0 radical (unpaired) electrons. The summed E-state index contributed by atoms with van der Waals surface area (Å²) in [5, 5.41) is 24.9. The van der Waals surface area contributed by atoms with Gasteiger partial charge in [0.2, 0.25) is 0 Å². The van der Waals surface area contributed by atoms with Crippen LogP contribution >= 0.6 is 0 Å². The lowest BCUT2D eigenvalue weighted by Gasteiger charge is -2.28. The zero-order valence-electron chi connectivity index (χ0n) is 32.4. The fourth-order valence-electron chi connectivity index (χ4n) is 6.26. The molecule has 11 heteroatoms. The average molecular weight is 712 g/mol. The van der Waals surface area contributed by atoms with E-state index in [9.17, 15) is 29.4 Å². The molecule has 1 fully saturated rings. The Bertz CT molecular complexity index is 897. The second kappa shape index (κ2) is 27.4. The molecule has 0 aromatic rings. The first-order valence-electron chi connectivity index (χ1n) is 20.0. The van der Waals surface area contributed by atoms with Gasteiger partial charge in [-0.25, -0.2) is 9.59 Å². The average Bonchev–Trinajstić information content (AvgIpc) is 3.36. The summed E-state index contributed by atoms with van der Waals surface area (Å²) in [6.07, 6.45) is 20.3. The lowest BCUT2D eigenvalue weighted by Crippen LogP contribution is -2.47. The maximum Gasteiger partial charge on any atom is 0.408 e. The van der Waals surface area contributed by atoms with Crippen molar-refractivity contribution in [3.8, 4) is 0 Å². The van der Waals surface area contributed by atoms with Gasteiger partial charge in [0.25, 0.3) is 11.8 Å². The minimum absolute atomic E-state index is 0.0259. The lowest BCUT2D eigenvalue weighted by atomic mass is 10.0. The van der Waals surface area contributed by atoms with Crippen LogP contribution in [0.5, 0.6) is 0 Å². The van der Waals surface area contributed by atoms with E-state index in [1.54, 1.807) is 20.8 Å². The van der Waals surface area contributed by atoms with Gasteiger partial charge >= 0.3 is 12.1 Å². The van der Waals surface area contributed by atoms with Crippen LogP contribution in [0.15, 0.2) is 0 Å². The molecule has 0 aromatic heterocycles. The van der Waals surface area contributed by atoms with E-state index in [1.807, 2.05) is 0 Å². The Balaban J connectivity index is 2.71. The van der Waals surface area contributed by atoms with Crippen molar-refractivity contribution >= 4 is 23.9 Å². The summed E-state index contributed by atoms with van der Waals surface area (Å²) >= 11 is 0. The number of hydrogen-bond acceptors (Lipinski definition) is 9. The molecule has 0 aliphatic carbocycles. The number of hydrogen-bond donors (Lipinski definition) is 3. The minimum Gasteiger partial charge on any atom is -0.444 e. The van der Waals surface area contributed by atoms with Crippen molar-refractivity contribution in [1.82, 2.24) is 15.3 Å². The van der Waals surface area contributed by atoms with Gasteiger partial charge in [-0.05, 0) is 59.4 Å². The summed E-state index contributed by atoms with van der Waals surface area (Å²) in [6.45, 7) is 11.1. The highest BCUT2D eigenvalue weighted by atomic mass is 16.7. The summed E-state index contributed by atoms with van der Waals surface area (Å²) in [6, 6.07) is -1.13. The van der Waals surface area contributed by atoms with E-state index in [-0.39, 0.29) is 19.3 Å². The number of amides is 3. The van der Waals surface area contributed by atoms with Gasteiger partial charge in [0.05, 0.1) is 12.2 Å². The van der Waals surface area contributed by atoms with Crippen LogP contribution in [0, 0.1) is 0 Å². The van der Waals surface area contributed by atoms with Crippen molar-refractivity contribution in [3.63, 3.8) is 0 Å². The number of nitrogens with zero attached hydrogens (tertiary/aromatic N) is 2. The molecule has 1 aliphatic rings. The zero-order valence-corrected chi connectivity index (χ0v) is 32.4. The summed E-state index contributed by atoms with van der Waals surface area (Å²) in [4.78, 5) is 56.8. The largest absolute Gasteiger partial charge is 0.444 e. The van der Waals surface area contributed by atoms with Crippen molar-refractivity contribution in [1.29, 1.82) is 0 Å². The third-order valence-corrected chi connectivity index (χ3v) is 9.10. The van der Waals surface area contributed by atoms with Gasteiger partial charge in [-0.3, -0.25) is 14.5 Å². The van der Waals surface area contributed by atoms with E-state index in [2.05, 4.69) is 24.1 Å². The second-order valence-corrected chi connectivity index (χ2v) is 15.3. The molecule has 0 aromatic carbocycles.